The Labute approximate surface area is 104 Å². The van der Waals surface area contributed by atoms with Gasteiger partial charge in [-0.25, -0.2) is 4.98 Å². The molecular formula is C13H12N2OS. The Morgan fingerprint density at radius 1 is 1.41 bits per heavy atom. The molecule has 0 saturated heterocycles. The van der Waals surface area contributed by atoms with Gasteiger partial charge < -0.3 is 4.74 Å². The van der Waals surface area contributed by atoms with Crippen molar-refractivity contribution in [1.29, 1.82) is 5.26 Å². The number of benzene rings is 1. The van der Waals surface area contributed by atoms with Crippen LogP contribution in [0.4, 0.5) is 0 Å². The molecule has 0 aliphatic rings. The van der Waals surface area contributed by atoms with Gasteiger partial charge >= 0.3 is 0 Å². The average Bonchev–Trinajstić information content (AvgIpc) is 2.73. The molecule has 0 bridgehead atoms. The van der Waals surface area contributed by atoms with Crippen molar-refractivity contribution >= 4 is 11.3 Å². The van der Waals surface area contributed by atoms with E-state index in [2.05, 4.69) is 11.1 Å². The fraction of sp³-hybridized carbons (Fsp3) is 0.231. The van der Waals surface area contributed by atoms with Crippen molar-refractivity contribution in [1.82, 2.24) is 4.98 Å². The van der Waals surface area contributed by atoms with Gasteiger partial charge in [0.2, 0.25) is 0 Å². The summed E-state index contributed by atoms with van der Waals surface area (Å²) in [5.41, 5.74) is 2.96. The fourth-order valence-electron chi connectivity index (χ4n) is 1.60. The molecule has 4 heteroatoms. The number of nitrogens with zero attached hydrogens (tertiary/aromatic N) is 2. The highest BCUT2D eigenvalue weighted by molar-refractivity contribution is 7.15. The van der Waals surface area contributed by atoms with Crippen LogP contribution in [0.3, 0.4) is 0 Å². The number of aromatic nitrogens is 1. The third-order valence-electron chi connectivity index (χ3n) is 2.46. The van der Waals surface area contributed by atoms with E-state index in [0.29, 0.717) is 11.5 Å². The minimum Gasteiger partial charge on any atom is -0.378 e. The van der Waals surface area contributed by atoms with Gasteiger partial charge in [0.25, 0.3) is 0 Å². The highest BCUT2D eigenvalue weighted by Gasteiger charge is 2.13. The Morgan fingerprint density at radius 3 is 2.82 bits per heavy atom. The lowest BCUT2D eigenvalue weighted by Crippen LogP contribution is -1.90. The predicted octanol–water partition coefficient (Wildman–Crippen LogP) is 3.14. The lowest BCUT2D eigenvalue weighted by Gasteiger charge is -2.00. The molecule has 0 atom stereocenters. The Kier molecular flexibility index (Phi) is 3.52. The van der Waals surface area contributed by atoms with Crippen LogP contribution in [0.15, 0.2) is 24.3 Å². The molecule has 1 aromatic heterocycles. The molecule has 1 aromatic carbocycles. The molecule has 86 valence electrons. The number of methoxy groups -OCH3 is 1. The van der Waals surface area contributed by atoms with Gasteiger partial charge in [-0.2, -0.15) is 5.26 Å². The van der Waals surface area contributed by atoms with Gasteiger partial charge in [0, 0.05) is 12.7 Å². The van der Waals surface area contributed by atoms with E-state index in [9.17, 15) is 0 Å². The molecule has 3 nitrogen and oxygen atoms in total. The van der Waals surface area contributed by atoms with Crippen LogP contribution >= 0.6 is 11.3 Å². The Hall–Kier alpha value is -1.70. The van der Waals surface area contributed by atoms with E-state index in [1.54, 1.807) is 7.11 Å². The SMILES string of the molecule is COCc1nc(-c2ccccc2C)sc1C#N. The van der Waals surface area contributed by atoms with Gasteiger partial charge in [-0.15, -0.1) is 11.3 Å². The van der Waals surface area contributed by atoms with Crippen molar-refractivity contribution < 1.29 is 4.74 Å². The molecule has 0 radical (unpaired) electrons. The average molecular weight is 244 g/mol. The number of hydrogen-bond donors (Lipinski definition) is 0. The second-order valence-corrected chi connectivity index (χ2v) is 4.65. The fourth-order valence-corrected chi connectivity index (χ4v) is 2.56. The van der Waals surface area contributed by atoms with Crippen LogP contribution in [0.1, 0.15) is 16.1 Å². The first kappa shape index (κ1) is 11.8. The van der Waals surface area contributed by atoms with Crippen LogP contribution in [0, 0.1) is 18.3 Å². The maximum atomic E-state index is 9.04. The summed E-state index contributed by atoms with van der Waals surface area (Å²) in [5.74, 6) is 0. The third-order valence-corrected chi connectivity index (χ3v) is 3.49. The van der Waals surface area contributed by atoms with E-state index >= 15 is 0 Å². The molecule has 2 rings (SSSR count). The topological polar surface area (TPSA) is 45.9 Å². The normalized spacial score (nSPS) is 10.2. The minimum absolute atomic E-state index is 0.380. The van der Waals surface area contributed by atoms with Gasteiger partial charge in [0.1, 0.15) is 16.0 Å². The van der Waals surface area contributed by atoms with Crippen molar-refractivity contribution in [2.24, 2.45) is 0 Å². The van der Waals surface area contributed by atoms with Crippen LogP contribution in [0.2, 0.25) is 0 Å². The lowest BCUT2D eigenvalue weighted by molar-refractivity contribution is 0.182. The van der Waals surface area contributed by atoms with Crippen LogP contribution < -0.4 is 0 Å². The maximum absolute atomic E-state index is 9.04. The van der Waals surface area contributed by atoms with Gasteiger partial charge in [-0.1, -0.05) is 24.3 Å². The quantitative estimate of drug-likeness (QED) is 0.833. The monoisotopic (exact) mass is 244 g/mol. The van der Waals surface area contributed by atoms with Crippen molar-refractivity contribution in [2.75, 3.05) is 7.11 Å². The standard InChI is InChI=1S/C13H12N2OS/c1-9-5-3-4-6-10(9)13-15-11(8-16-2)12(7-14)17-13/h3-6H,8H2,1-2H3. The highest BCUT2D eigenvalue weighted by atomic mass is 32.1. The summed E-state index contributed by atoms with van der Waals surface area (Å²) in [6.07, 6.45) is 0. The second-order valence-electron chi connectivity index (χ2n) is 3.65. The molecule has 1 heterocycles. The van der Waals surface area contributed by atoms with Gasteiger partial charge in [-0.3, -0.25) is 0 Å². The summed E-state index contributed by atoms with van der Waals surface area (Å²) < 4.78 is 5.04. The zero-order chi connectivity index (χ0) is 12.3. The lowest BCUT2D eigenvalue weighted by atomic mass is 10.1. The van der Waals surface area contributed by atoms with E-state index < -0.39 is 0 Å². The molecule has 0 saturated carbocycles. The molecule has 0 aliphatic carbocycles. The Bertz CT molecular complexity index is 569. The van der Waals surface area contributed by atoms with Crippen molar-refractivity contribution in [2.45, 2.75) is 13.5 Å². The number of ether oxygens (including phenoxy) is 1. The number of rotatable bonds is 3. The molecule has 0 spiro atoms. The molecule has 0 N–H and O–H groups in total. The first-order chi connectivity index (χ1) is 8.26. The van der Waals surface area contributed by atoms with Crippen LogP contribution in [0.25, 0.3) is 10.6 Å². The van der Waals surface area contributed by atoms with Gasteiger partial charge in [0.15, 0.2) is 0 Å². The molecule has 2 aromatic rings. The second kappa shape index (κ2) is 5.09. The summed E-state index contributed by atoms with van der Waals surface area (Å²) in [7, 11) is 1.61. The van der Waals surface area contributed by atoms with Crippen molar-refractivity contribution in [3.63, 3.8) is 0 Å². The predicted molar refractivity (Wildman–Crippen MR) is 67.7 cm³/mol. The molecule has 0 unspecified atom stereocenters. The minimum atomic E-state index is 0.380. The van der Waals surface area contributed by atoms with Gasteiger partial charge in [-0.05, 0) is 12.5 Å². The van der Waals surface area contributed by atoms with Crippen LogP contribution in [-0.4, -0.2) is 12.1 Å². The van der Waals surface area contributed by atoms with E-state index in [0.717, 1.165) is 21.8 Å². The summed E-state index contributed by atoms with van der Waals surface area (Å²) in [4.78, 5) is 5.10. The first-order valence-electron chi connectivity index (χ1n) is 5.21. The van der Waals surface area contributed by atoms with E-state index in [1.165, 1.54) is 11.3 Å². The summed E-state index contributed by atoms with van der Waals surface area (Å²) >= 11 is 1.41. The smallest absolute Gasteiger partial charge is 0.130 e. The number of aryl methyl sites for hydroxylation is 1. The maximum Gasteiger partial charge on any atom is 0.130 e. The Balaban J connectivity index is 2.48. The largest absolute Gasteiger partial charge is 0.378 e. The number of nitriles is 1. The molecule has 17 heavy (non-hydrogen) atoms. The van der Waals surface area contributed by atoms with Crippen LogP contribution in [0.5, 0.6) is 0 Å². The first-order valence-corrected chi connectivity index (χ1v) is 6.02. The zero-order valence-corrected chi connectivity index (χ0v) is 10.5. The Morgan fingerprint density at radius 2 is 2.18 bits per heavy atom. The molecule has 0 aliphatic heterocycles. The van der Waals surface area contributed by atoms with E-state index in [-0.39, 0.29) is 0 Å². The molecular weight excluding hydrogens is 232 g/mol. The summed E-state index contributed by atoms with van der Waals surface area (Å²) in [6.45, 7) is 2.42. The van der Waals surface area contributed by atoms with E-state index in [4.69, 9.17) is 10.00 Å². The summed E-state index contributed by atoms with van der Waals surface area (Å²) in [5, 5.41) is 9.92. The molecule has 0 amide bonds. The highest BCUT2D eigenvalue weighted by Crippen LogP contribution is 2.30. The van der Waals surface area contributed by atoms with Crippen molar-refractivity contribution in [3.8, 4) is 16.6 Å². The van der Waals surface area contributed by atoms with Crippen LogP contribution in [-0.2, 0) is 11.3 Å². The number of hydrogen-bond acceptors (Lipinski definition) is 4. The third kappa shape index (κ3) is 2.36. The summed E-state index contributed by atoms with van der Waals surface area (Å²) in [6, 6.07) is 10.2. The van der Waals surface area contributed by atoms with Crippen molar-refractivity contribution in [3.05, 3.63) is 40.4 Å². The van der Waals surface area contributed by atoms with Gasteiger partial charge in [0.05, 0.1) is 12.3 Å². The molecule has 0 fully saturated rings. The zero-order valence-electron chi connectivity index (χ0n) is 9.73. The number of thiazole rings is 1. The van der Waals surface area contributed by atoms with E-state index in [1.807, 2.05) is 31.2 Å².